The first kappa shape index (κ1) is 10.3. The quantitative estimate of drug-likeness (QED) is 0.630. The molecule has 0 aromatic rings. The van der Waals surface area contributed by atoms with Crippen molar-refractivity contribution in [1.29, 1.82) is 0 Å². The van der Waals surface area contributed by atoms with Crippen molar-refractivity contribution in [2.45, 2.75) is 38.8 Å². The highest BCUT2D eigenvalue weighted by Crippen LogP contribution is 2.31. The van der Waals surface area contributed by atoms with Crippen LogP contribution in [0, 0.1) is 0 Å². The van der Waals surface area contributed by atoms with Gasteiger partial charge in [0.25, 0.3) is 6.43 Å². The molecule has 1 aliphatic heterocycles. The van der Waals surface area contributed by atoms with Gasteiger partial charge in [-0.1, -0.05) is 0 Å². The van der Waals surface area contributed by atoms with Crippen molar-refractivity contribution >= 4 is 0 Å². The summed E-state index contributed by atoms with van der Waals surface area (Å²) in [7, 11) is 0. The highest BCUT2D eigenvalue weighted by Gasteiger charge is 2.41. The van der Waals surface area contributed by atoms with E-state index < -0.39 is 12.5 Å². The molecular weight excluding hydrogens is 176 g/mol. The van der Waals surface area contributed by atoms with Crippen molar-refractivity contribution in [1.82, 2.24) is 4.90 Å². The van der Waals surface area contributed by atoms with Crippen LogP contribution < -0.4 is 0 Å². The van der Waals surface area contributed by atoms with Crippen LogP contribution in [0.2, 0.25) is 0 Å². The Bertz CT molecular complexity index is 210. The van der Waals surface area contributed by atoms with Crippen LogP contribution in [-0.2, 0) is 4.74 Å². The highest BCUT2D eigenvalue weighted by molar-refractivity contribution is 5.02. The van der Waals surface area contributed by atoms with Crippen LogP contribution in [0.3, 0.4) is 0 Å². The van der Waals surface area contributed by atoms with E-state index in [4.69, 9.17) is 4.74 Å². The van der Waals surface area contributed by atoms with Crippen molar-refractivity contribution in [3.63, 3.8) is 0 Å². The van der Waals surface area contributed by atoms with Crippen LogP contribution in [0.5, 0.6) is 0 Å². The van der Waals surface area contributed by atoms with E-state index in [9.17, 15) is 8.78 Å². The molecule has 13 heavy (non-hydrogen) atoms. The normalized spacial score (nSPS) is 24.0. The third-order valence-electron chi connectivity index (χ3n) is 2.03. The summed E-state index contributed by atoms with van der Waals surface area (Å²) < 4.78 is 30.1. The highest BCUT2D eigenvalue weighted by atomic mass is 19.3. The number of halogens is 2. The summed E-state index contributed by atoms with van der Waals surface area (Å²) in [6, 6.07) is -0.854. The predicted octanol–water partition coefficient (Wildman–Crippen LogP) is 2.22. The zero-order chi connectivity index (χ0) is 10.2. The molecule has 1 fully saturated rings. The number of nitrogens with zero attached hydrogens (tertiary/aromatic N) is 1. The van der Waals surface area contributed by atoms with Gasteiger partial charge in [0.05, 0.1) is 0 Å². The average Bonchev–Trinajstić information content (AvgIpc) is 2.28. The van der Waals surface area contributed by atoms with E-state index in [0.717, 1.165) is 0 Å². The van der Waals surface area contributed by atoms with E-state index in [1.807, 2.05) is 20.8 Å². The number of hydrogen-bond donors (Lipinski definition) is 0. The summed E-state index contributed by atoms with van der Waals surface area (Å²) in [5.41, 5.74) is -0.366. The van der Waals surface area contributed by atoms with Crippen LogP contribution in [-0.4, -0.2) is 29.5 Å². The topological polar surface area (TPSA) is 12.5 Å². The second-order valence-corrected chi connectivity index (χ2v) is 4.15. The van der Waals surface area contributed by atoms with Crippen molar-refractivity contribution < 1.29 is 13.5 Å². The van der Waals surface area contributed by atoms with Gasteiger partial charge in [0, 0.05) is 5.54 Å². The minimum absolute atomic E-state index is 0.0355. The number of hydrogen-bond acceptors (Lipinski definition) is 2. The third-order valence-corrected chi connectivity index (χ3v) is 2.03. The lowest BCUT2D eigenvalue weighted by Gasteiger charge is -2.36. The molecule has 1 aliphatic rings. The van der Waals surface area contributed by atoms with Crippen LogP contribution in [0.15, 0.2) is 12.5 Å². The van der Waals surface area contributed by atoms with Crippen molar-refractivity contribution in [2.24, 2.45) is 0 Å². The summed E-state index contributed by atoms with van der Waals surface area (Å²) >= 11 is 0. The molecule has 1 atom stereocenters. The fraction of sp³-hybridized carbons (Fsp3) is 0.778. The van der Waals surface area contributed by atoms with Gasteiger partial charge in [-0.25, -0.2) is 8.78 Å². The molecule has 1 unspecified atom stereocenters. The van der Waals surface area contributed by atoms with Crippen molar-refractivity contribution in [2.75, 3.05) is 6.61 Å². The first-order chi connectivity index (χ1) is 5.84. The molecule has 1 heterocycles. The lowest BCUT2D eigenvalue weighted by atomic mass is 10.0. The number of ether oxygens (including phenoxy) is 1. The van der Waals surface area contributed by atoms with E-state index in [1.54, 1.807) is 0 Å². The molecule has 1 rings (SSSR count). The maximum atomic E-state index is 12.5. The molecule has 0 spiro atoms. The van der Waals surface area contributed by atoms with Crippen molar-refractivity contribution in [3.05, 3.63) is 12.5 Å². The second-order valence-electron chi connectivity index (χ2n) is 4.15. The maximum absolute atomic E-state index is 12.5. The molecule has 4 heteroatoms. The van der Waals surface area contributed by atoms with Crippen LogP contribution in [0.1, 0.15) is 20.8 Å². The standard InChI is InChI=1S/C9H15F2NO/c1-6-12(9(2,3)4)7(5-13-6)8(10)11/h7-8H,1,5H2,2-4H3. The van der Waals surface area contributed by atoms with Crippen molar-refractivity contribution in [3.8, 4) is 0 Å². The second kappa shape index (κ2) is 3.16. The van der Waals surface area contributed by atoms with Gasteiger partial charge in [-0.15, -0.1) is 0 Å². The number of alkyl halides is 2. The van der Waals surface area contributed by atoms with Gasteiger partial charge in [-0.2, -0.15) is 0 Å². The smallest absolute Gasteiger partial charge is 0.262 e. The molecule has 0 aromatic heterocycles. The first-order valence-electron chi connectivity index (χ1n) is 4.23. The third kappa shape index (κ3) is 1.92. The van der Waals surface area contributed by atoms with Gasteiger partial charge in [0.1, 0.15) is 12.6 Å². The lowest BCUT2D eigenvalue weighted by Crippen LogP contribution is -2.47. The Labute approximate surface area is 77.2 Å². The Morgan fingerprint density at radius 1 is 1.54 bits per heavy atom. The zero-order valence-electron chi connectivity index (χ0n) is 8.18. The van der Waals surface area contributed by atoms with Gasteiger partial charge < -0.3 is 9.64 Å². The summed E-state index contributed by atoms with van der Waals surface area (Å²) in [6.45, 7) is 9.23. The minimum Gasteiger partial charge on any atom is -0.477 e. The monoisotopic (exact) mass is 191 g/mol. The van der Waals surface area contributed by atoms with Crippen LogP contribution in [0.25, 0.3) is 0 Å². The molecule has 1 saturated heterocycles. The molecule has 0 aromatic carbocycles. The van der Waals surface area contributed by atoms with Crippen LogP contribution in [0.4, 0.5) is 8.78 Å². The molecule has 0 radical (unpaired) electrons. The van der Waals surface area contributed by atoms with Gasteiger partial charge in [-0.05, 0) is 27.4 Å². The Morgan fingerprint density at radius 3 is 2.38 bits per heavy atom. The van der Waals surface area contributed by atoms with E-state index in [-0.39, 0.29) is 12.1 Å². The van der Waals surface area contributed by atoms with Gasteiger partial charge >= 0.3 is 0 Å². The molecule has 0 amide bonds. The maximum Gasteiger partial charge on any atom is 0.262 e. The fourth-order valence-corrected chi connectivity index (χ4v) is 1.57. The van der Waals surface area contributed by atoms with E-state index in [1.165, 1.54) is 4.90 Å². The van der Waals surface area contributed by atoms with Gasteiger partial charge in [0.2, 0.25) is 0 Å². The summed E-state index contributed by atoms with van der Waals surface area (Å²) in [4.78, 5) is 1.54. The molecule has 0 bridgehead atoms. The largest absolute Gasteiger partial charge is 0.477 e. The molecule has 2 nitrogen and oxygen atoms in total. The fourth-order valence-electron chi connectivity index (χ4n) is 1.57. The molecule has 0 aliphatic carbocycles. The molecule has 0 N–H and O–H groups in total. The van der Waals surface area contributed by atoms with E-state index in [0.29, 0.717) is 5.88 Å². The Kier molecular flexibility index (Phi) is 2.50. The summed E-state index contributed by atoms with van der Waals surface area (Å²) in [5.74, 6) is 0.345. The van der Waals surface area contributed by atoms with E-state index >= 15 is 0 Å². The summed E-state index contributed by atoms with van der Waals surface area (Å²) in [6.07, 6.45) is -2.39. The SMILES string of the molecule is C=C1OCC(C(F)F)N1C(C)(C)C. The molecule has 76 valence electrons. The Hall–Kier alpha value is -0.800. The minimum atomic E-state index is -2.39. The zero-order valence-corrected chi connectivity index (χ0v) is 8.18. The summed E-state index contributed by atoms with van der Waals surface area (Å²) in [5, 5.41) is 0. The molecular formula is C9H15F2NO. The Morgan fingerprint density at radius 2 is 2.08 bits per heavy atom. The lowest BCUT2D eigenvalue weighted by molar-refractivity contribution is 0.0252. The van der Waals surface area contributed by atoms with Gasteiger partial charge in [-0.3, -0.25) is 0 Å². The Balaban J connectivity index is 2.84. The first-order valence-corrected chi connectivity index (χ1v) is 4.23. The predicted molar refractivity (Wildman–Crippen MR) is 46.5 cm³/mol. The molecule has 0 saturated carbocycles. The van der Waals surface area contributed by atoms with E-state index in [2.05, 4.69) is 6.58 Å². The van der Waals surface area contributed by atoms with Crippen LogP contribution >= 0.6 is 0 Å². The number of rotatable bonds is 1. The average molecular weight is 191 g/mol. The van der Waals surface area contributed by atoms with Gasteiger partial charge in [0.15, 0.2) is 5.88 Å².